The molecule has 0 radical (unpaired) electrons. The van der Waals surface area contributed by atoms with Crippen molar-refractivity contribution in [3.63, 3.8) is 0 Å². The van der Waals surface area contributed by atoms with E-state index in [0.717, 1.165) is 17.8 Å². The molecule has 2 aromatic heterocycles. The molecule has 0 fully saturated rings. The van der Waals surface area contributed by atoms with E-state index in [4.69, 9.17) is 5.11 Å². The van der Waals surface area contributed by atoms with Gasteiger partial charge in [-0.15, -0.1) is 0 Å². The first-order chi connectivity index (χ1) is 7.67. The Balaban J connectivity index is 2.71. The summed E-state index contributed by atoms with van der Waals surface area (Å²) >= 11 is 0. The number of aliphatic hydroxyl groups is 1. The van der Waals surface area contributed by atoms with E-state index in [1.165, 1.54) is 0 Å². The minimum absolute atomic E-state index is 0.0304. The van der Waals surface area contributed by atoms with E-state index in [9.17, 15) is 4.79 Å². The minimum Gasteiger partial charge on any atom is -0.396 e. The van der Waals surface area contributed by atoms with Gasteiger partial charge in [-0.25, -0.2) is 4.52 Å². The van der Waals surface area contributed by atoms with Crippen LogP contribution in [0.3, 0.4) is 0 Å². The molecule has 2 aromatic rings. The van der Waals surface area contributed by atoms with Crippen molar-refractivity contribution in [3.8, 4) is 0 Å². The Bertz CT molecular complexity index is 568. The summed E-state index contributed by atoms with van der Waals surface area (Å²) in [5.74, 6) is 0. The lowest BCUT2D eigenvalue weighted by Gasteiger charge is -2.04. The number of aryl methyl sites for hydroxylation is 2. The van der Waals surface area contributed by atoms with E-state index in [1.54, 1.807) is 4.52 Å². The standard InChI is InChI=1S/C11H15N3O2/c1-3-8-6-10-12-11(16)9(4-5-15)7(2)14(10)13-8/h6,15H,3-5H2,1-2H3,(H,12,16). The lowest BCUT2D eigenvalue weighted by Crippen LogP contribution is -2.19. The summed E-state index contributed by atoms with van der Waals surface area (Å²) in [6.45, 7) is 3.83. The van der Waals surface area contributed by atoms with Gasteiger partial charge < -0.3 is 10.1 Å². The van der Waals surface area contributed by atoms with Gasteiger partial charge in [0, 0.05) is 24.7 Å². The summed E-state index contributed by atoms with van der Waals surface area (Å²) in [5.41, 5.74) is 2.91. The molecule has 0 amide bonds. The number of rotatable bonds is 3. The molecule has 0 bridgehead atoms. The van der Waals surface area contributed by atoms with Gasteiger partial charge in [0.05, 0.1) is 11.4 Å². The Morgan fingerprint density at radius 1 is 1.56 bits per heavy atom. The van der Waals surface area contributed by atoms with Crippen LogP contribution in [0, 0.1) is 6.92 Å². The van der Waals surface area contributed by atoms with Crippen molar-refractivity contribution in [1.82, 2.24) is 14.6 Å². The highest BCUT2D eigenvalue weighted by molar-refractivity contribution is 5.42. The van der Waals surface area contributed by atoms with E-state index in [1.807, 2.05) is 19.9 Å². The number of aromatic nitrogens is 3. The third kappa shape index (κ3) is 1.63. The number of H-pyrrole nitrogens is 1. The third-order valence-electron chi connectivity index (χ3n) is 2.75. The zero-order chi connectivity index (χ0) is 11.7. The lowest BCUT2D eigenvalue weighted by molar-refractivity contribution is 0.298. The Hall–Kier alpha value is -1.62. The van der Waals surface area contributed by atoms with Gasteiger partial charge in [-0.2, -0.15) is 5.10 Å². The smallest absolute Gasteiger partial charge is 0.254 e. The van der Waals surface area contributed by atoms with Crippen LogP contribution < -0.4 is 5.56 Å². The number of fused-ring (bicyclic) bond motifs is 1. The summed E-state index contributed by atoms with van der Waals surface area (Å²) in [7, 11) is 0. The molecule has 0 aliphatic carbocycles. The Morgan fingerprint density at radius 2 is 2.31 bits per heavy atom. The topological polar surface area (TPSA) is 70.4 Å². The van der Waals surface area contributed by atoms with Gasteiger partial charge in [-0.3, -0.25) is 4.79 Å². The molecule has 16 heavy (non-hydrogen) atoms. The molecule has 0 spiro atoms. The predicted molar refractivity (Wildman–Crippen MR) is 60.7 cm³/mol. The zero-order valence-corrected chi connectivity index (χ0v) is 9.45. The van der Waals surface area contributed by atoms with Crippen LogP contribution in [0.25, 0.3) is 5.65 Å². The highest BCUT2D eigenvalue weighted by atomic mass is 16.3. The van der Waals surface area contributed by atoms with E-state index < -0.39 is 0 Å². The van der Waals surface area contributed by atoms with Crippen molar-refractivity contribution in [3.05, 3.63) is 33.4 Å². The molecular formula is C11H15N3O2. The molecule has 5 nitrogen and oxygen atoms in total. The Labute approximate surface area is 92.7 Å². The maximum Gasteiger partial charge on any atom is 0.254 e. The number of hydrogen-bond donors (Lipinski definition) is 2. The second-order valence-corrected chi connectivity index (χ2v) is 3.78. The van der Waals surface area contributed by atoms with Crippen LogP contribution in [0.2, 0.25) is 0 Å². The van der Waals surface area contributed by atoms with Crippen molar-refractivity contribution >= 4 is 5.65 Å². The van der Waals surface area contributed by atoms with Gasteiger partial charge in [0.25, 0.3) is 5.56 Å². The van der Waals surface area contributed by atoms with Gasteiger partial charge in [0.15, 0.2) is 0 Å². The van der Waals surface area contributed by atoms with Crippen molar-refractivity contribution in [2.24, 2.45) is 0 Å². The van der Waals surface area contributed by atoms with E-state index in [-0.39, 0.29) is 12.2 Å². The lowest BCUT2D eigenvalue weighted by atomic mass is 10.2. The normalized spacial score (nSPS) is 11.2. The van der Waals surface area contributed by atoms with Crippen molar-refractivity contribution in [2.45, 2.75) is 26.7 Å². The first-order valence-electron chi connectivity index (χ1n) is 5.38. The molecule has 0 aliphatic heterocycles. The second kappa shape index (κ2) is 4.09. The molecular weight excluding hydrogens is 206 g/mol. The summed E-state index contributed by atoms with van der Waals surface area (Å²) < 4.78 is 1.73. The first-order valence-corrected chi connectivity index (χ1v) is 5.38. The number of nitrogens with one attached hydrogen (secondary N) is 1. The average Bonchev–Trinajstić information content (AvgIpc) is 2.67. The Morgan fingerprint density at radius 3 is 2.94 bits per heavy atom. The maximum atomic E-state index is 11.7. The van der Waals surface area contributed by atoms with Crippen molar-refractivity contribution < 1.29 is 5.11 Å². The summed E-state index contributed by atoms with van der Waals surface area (Å²) in [6.07, 6.45) is 1.19. The van der Waals surface area contributed by atoms with Crippen molar-refractivity contribution in [1.29, 1.82) is 0 Å². The summed E-state index contributed by atoms with van der Waals surface area (Å²) in [6, 6.07) is 1.87. The van der Waals surface area contributed by atoms with Crippen LogP contribution >= 0.6 is 0 Å². The summed E-state index contributed by atoms with van der Waals surface area (Å²) in [4.78, 5) is 14.5. The quantitative estimate of drug-likeness (QED) is 0.789. The number of hydrogen-bond acceptors (Lipinski definition) is 3. The van der Waals surface area contributed by atoms with E-state index >= 15 is 0 Å². The largest absolute Gasteiger partial charge is 0.396 e. The number of aliphatic hydroxyl groups excluding tert-OH is 1. The molecule has 2 rings (SSSR count). The maximum absolute atomic E-state index is 11.7. The van der Waals surface area contributed by atoms with Gasteiger partial charge in [-0.05, 0) is 13.3 Å². The monoisotopic (exact) mass is 221 g/mol. The molecule has 0 atom stereocenters. The fraction of sp³-hybridized carbons (Fsp3) is 0.455. The summed E-state index contributed by atoms with van der Waals surface area (Å²) in [5, 5.41) is 13.3. The molecule has 2 N–H and O–H groups in total. The van der Waals surface area contributed by atoms with E-state index in [2.05, 4.69) is 10.1 Å². The highest BCUT2D eigenvalue weighted by Gasteiger charge is 2.10. The molecule has 86 valence electrons. The number of aromatic amines is 1. The fourth-order valence-corrected chi connectivity index (χ4v) is 1.84. The van der Waals surface area contributed by atoms with Crippen LogP contribution in [0.15, 0.2) is 10.9 Å². The first kappa shape index (κ1) is 10.9. The van der Waals surface area contributed by atoms with Crippen LogP contribution in [-0.2, 0) is 12.8 Å². The molecule has 0 aliphatic rings. The van der Waals surface area contributed by atoms with Crippen LogP contribution in [0.4, 0.5) is 0 Å². The van der Waals surface area contributed by atoms with Crippen LogP contribution in [-0.4, -0.2) is 26.3 Å². The fourth-order valence-electron chi connectivity index (χ4n) is 1.84. The van der Waals surface area contributed by atoms with Gasteiger partial charge in [0.1, 0.15) is 5.65 Å². The van der Waals surface area contributed by atoms with Gasteiger partial charge in [0.2, 0.25) is 0 Å². The third-order valence-corrected chi connectivity index (χ3v) is 2.75. The highest BCUT2D eigenvalue weighted by Crippen LogP contribution is 2.08. The van der Waals surface area contributed by atoms with E-state index in [0.29, 0.717) is 17.6 Å². The van der Waals surface area contributed by atoms with Crippen molar-refractivity contribution in [2.75, 3.05) is 6.61 Å². The van der Waals surface area contributed by atoms with Gasteiger partial charge in [-0.1, -0.05) is 6.92 Å². The second-order valence-electron chi connectivity index (χ2n) is 3.78. The average molecular weight is 221 g/mol. The molecule has 0 saturated heterocycles. The molecule has 0 saturated carbocycles. The molecule has 0 aromatic carbocycles. The molecule has 0 unspecified atom stereocenters. The molecule has 2 heterocycles. The predicted octanol–water partition coefficient (Wildman–Crippen LogP) is 0.428. The van der Waals surface area contributed by atoms with Crippen LogP contribution in [0.5, 0.6) is 0 Å². The SMILES string of the molecule is CCc1cc2[nH]c(=O)c(CCO)c(C)n2n1. The van der Waals surface area contributed by atoms with Crippen LogP contribution in [0.1, 0.15) is 23.9 Å². The molecule has 5 heteroatoms. The minimum atomic E-state index is -0.137. The Kier molecular flexibility index (Phi) is 2.78. The number of nitrogens with zero attached hydrogens (tertiary/aromatic N) is 2. The van der Waals surface area contributed by atoms with Gasteiger partial charge >= 0.3 is 0 Å². The zero-order valence-electron chi connectivity index (χ0n) is 9.45.